The molecule has 0 aromatic carbocycles. The van der Waals surface area contributed by atoms with Gasteiger partial charge in [-0.3, -0.25) is 9.59 Å². The highest BCUT2D eigenvalue weighted by molar-refractivity contribution is 5.81. The molecule has 1 rings (SSSR count). The minimum atomic E-state index is -0.363. The lowest BCUT2D eigenvalue weighted by molar-refractivity contribution is -0.144. The minimum absolute atomic E-state index is 0.0924. The number of aryl methyl sites for hydroxylation is 1. The third-order valence-electron chi connectivity index (χ3n) is 2.00. The smallest absolute Gasteiger partial charge is 0.306 e. The first-order valence-corrected chi connectivity index (χ1v) is 5.46. The van der Waals surface area contributed by atoms with Crippen LogP contribution >= 0.6 is 0 Å². The molecule has 0 aliphatic heterocycles. The number of carbonyl (C=O) groups excluding carboxylic acids is 2. The molecule has 0 aliphatic carbocycles. The van der Waals surface area contributed by atoms with Gasteiger partial charge in [-0.15, -0.1) is 0 Å². The van der Waals surface area contributed by atoms with Crippen molar-refractivity contribution in [3.05, 3.63) is 17.5 Å². The van der Waals surface area contributed by atoms with Gasteiger partial charge in [0.2, 0.25) is 5.91 Å². The Labute approximate surface area is 99.3 Å². The largest absolute Gasteiger partial charge is 0.466 e. The first kappa shape index (κ1) is 13.2. The second kappa shape index (κ2) is 6.67. The molecule has 0 atom stereocenters. The van der Waals surface area contributed by atoms with Crippen molar-refractivity contribution in [3.8, 4) is 0 Å². The van der Waals surface area contributed by atoms with Crippen LogP contribution in [-0.4, -0.2) is 23.6 Å². The Morgan fingerprint density at radius 3 is 2.82 bits per heavy atom. The highest BCUT2D eigenvalue weighted by atomic mass is 16.5. The normalized spacial score (nSPS) is 10.0. The quantitative estimate of drug-likeness (QED) is 0.748. The van der Waals surface area contributed by atoms with Crippen LogP contribution in [0.15, 0.2) is 10.6 Å². The Hall–Kier alpha value is -1.85. The number of rotatable bonds is 6. The topological polar surface area (TPSA) is 81.4 Å². The summed E-state index contributed by atoms with van der Waals surface area (Å²) in [5.41, 5.74) is 0.765. The fraction of sp³-hybridized carbons (Fsp3) is 0.545. The molecule has 0 bridgehead atoms. The summed E-state index contributed by atoms with van der Waals surface area (Å²) in [6.45, 7) is 4.14. The monoisotopic (exact) mass is 240 g/mol. The summed E-state index contributed by atoms with van der Waals surface area (Å²) in [5, 5.41) is 6.32. The molecule has 0 fully saturated rings. The molecule has 1 aromatic heterocycles. The van der Waals surface area contributed by atoms with Crippen LogP contribution in [0.2, 0.25) is 0 Å². The number of amides is 1. The molecular formula is C11H16N2O4. The van der Waals surface area contributed by atoms with E-state index in [1.165, 1.54) is 0 Å². The van der Waals surface area contributed by atoms with Gasteiger partial charge in [0.25, 0.3) is 0 Å². The van der Waals surface area contributed by atoms with Gasteiger partial charge in [-0.25, -0.2) is 0 Å². The van der Waals surface area contributed by atoms with Gasteiger partial charge in [0.1, 0.15) is 0 Å². The summed E-state index contributed by atoms with van der Waals surface area (Å²) in [6.07, 6.45) is 0.209. The Bertz CT molecular complexity index is 387. The maximum Gasteiger partial charge on any atom is 0.306 e. The van der Waals surface area contributed by atoms with E-state index in [4.69, 9.17) is 9.26 Å². The molecule has 17 heavy (non-hydrogen) atoms. The Balaban J connectivity index is 2.19. The van der Waals surface area contributed by atoms with E-state index in [0.717, 1.165) is 5.69 Å². The molecular weight excluding hydrogens is 224 g/mol. The van der Waals surface area contributed by atoms with Gasteiger partial charge < -0.3 is 14.6 Å². The second-order valence-electron chi connectivity index (χ2n) is 3.52. The van der Waals surface area contributed by atoms with Crippen LogP contribution in [0.25, 0.3) is 0 Å². The number of nitrogens with zero attached hydrogens (tertiary/aromatic N) is 1. The van der Waals surface area contributed by atoms with E-state index in [2.05, 4.69) is 10.5 Å². The number of esters is 1. The minimum Gasteiger partial charge on any atom is -0.466 e. The maximum absolute atomic E-state index is 11.4. The van der Waals surface area contributed by atoms with Crippen LogP contribution in [0.3, 0.4) is 0 Å². The highest BCUT2D eigenvalue weighted by Gasteiger charge is 2.08. The fourth-order valence-corrected chi connectivity index (χ4v) is 1.22. The average Bonchev–Trinajstić information content (AvgIpc) is 2.70. The standard InChI is InChI=1S/C11H16N2O4/c1-3-16-11(15)5-4-10(14)12-7-9-6-8(2)13-17-9/h6H,3-5,7H2,1-2H3,(H,12,14). The summed E-state index contributed by atoms with van der Waals surface area (Å²) < 4.78 is 9.63. The Morgan fingerprint density at radius 1 is 1.47 bits per heavy atom. The zero-order valence-electron chi connectivity index (χ0n) is 9.99. The van der Waals surface area contributed by atoms with Crippen molar-refractivity contribution in [1.82, 2.24) is 10.5 Å². The number of hydrogen-bond acceptors (Lipinski definition) is 5. The molecule has 1 heterocycles. The number of ether oxygens (including phenoxy) is 1. The zero-order valence-corrected chi connectivity index (χ0v) is 9.99. The van der Waals surface area contributed by atoms with E-state index in [1.54, 1.807) is 19.9 Å². The first-order valence-electron chi connectivity index (χ1n) is 5.46. The van der Waals surface area contributed by atoms with E-state index in [1.807, 2.05) is 0 Å². The van der Waals surface area contributed by atoms with E-state index >= 15 is 0 Å². The summed E-state index contributed by atoms with van der Waals surface area (Å²) in [6, 6.07) is 1.74. The van der Waals surface area contributed by atoms with E-state index in [-0.39, 0.29) is 31.3 Å². The molecule has 6 heteroatoms. The number of hydrogen-bond donors (Lipinski definition) is 1. The van der Waals surface area contributed by atoms with Crippen molar-refractivity contribution < 1.29 is 18.8 Å². The summed E-state index contributed by atoms with van der Waals surface area (Å²) in [4.78, 5) is 22.3. The van der Waals surface area contributed by atoms with Crippen molar-refractivity contribution in [2.45, 2.75) is 33.2 Å². The molecule has 0 spiro atoms. The predicted molar refractivity (Wildman–Crippen MR) is 59.0 cm³/mol. The summed E-state index contributed by atoms with van der Waals surface area (Å²) in [7, 11) is 0. The van der Waals surface area contributed by atoms with E-state index < -0.39 is 0 Å². The molecule has 0 saturated carbocycles. The van der Waals surface area contributed by atoms with Crippen molar-refractivity contribution in [2.24, 2.45) is 0 Å². The third-order valence-corrected chi connectivity index (χ3v) is 2.00. The van der Waals surface area contributed by atoms with Gasteiger partial charge in [0.05, 0.1) is 25.3 Å². The van der Waals surface area contributed by atoms with Crippen molar-refractivity contribution >= 4 is 11.9 Å². The van der Waals surface area contributed by atoms with Crippen molar-refractivity contribution in [2.75, 3.05) is 6.61 Å². The van der Waals surface area contributed by atoms with E-state index in [9.17, 15) is 9.59 Å². The molecule has 1 aromatic rings. The second-order valence-corrected chi connectivity index (χ2v) is 3.52. The van der Waals surface area contributed by atoms with Crippen LogP contribution in [-0.2, 0) is 20.9 Å². The van der Waals surface area contributed by atoms with Crippen LogP contribution < -0.4 is 5.32 Å². The molecule has 6 nitrogen and oxygen atoms in total. The van der Waals surface area contributed by atoms with Gasteiger partial charge in [0.15, 0.2) is 5.76 Å². The summed E-state index contributed by atoms with van der Waals surface area (Å²) in [5.74, 6) is 0.0113. The van der Waals surface area contributed by atoms with Crippen molar-refractivity contribution in [1.29, 1.82) is 0 Å². The average molecular weight is 240 g/mol. The Kier molecular flexibility index (Phi) is 5.19. The van der Waals surface area contributed by atoms with Gasteiger partial charge in [-0.1, -0.05) is 5.16 Å². The van der Waals surface area contributed by atoms with Crippen LogP contribution in [0.1, 0.15) is 31.2 Å². The summed E-state index contributed by atoms with van der Waals surface area (Å²) >= 11 is 0. The fourth-order valence-electron chi connectivity index (χ4n) is 1.22. The molecule has 0 saturated heterocycles. The lowest BCUT2D eigenvalue weighted by Crippen LogP contribution is -2.23. The number of aromatic nitrogens is 1. The molecule has 1 N–H and O–H groups in total. The van der Waals surface area contributed by atoms with E-state index in [0.29, 0.717) is 12.4 Å². The SMILES string of the molecule is CCOC(=O)CCC(=O)NCc1cc(C)no1. The van der Waals surface area contributed by atoms with Gasteiger partial charge in [-0.2, -0.15) is 0 Å². The van der Waals surface area contributed by atoms with Crippen LogP contribution in [0, 0.1) is 6.92 Å². The predicted octanol–water partition coefficient (Wildman–Crippen LogP) is 0.943. The van der Waals surface area contributed by atoms with Gasteiger partial charge >= 0.3 is 5.97 Å². The van der Waals surface area contributed by atoms with Gasteiger partial charge in [-0.05, 0) is 13.8 Å². The highest BCUT2D eigenvalue weighted by Crippen LogP contribution is 2.01. The molecule has 0 aliphatic rings. The molecule has 1 amide bonds. The number of carbonyl (C=O) groups is 2. The maximum atomic E-state index is 11.4. The first-order chi connectivity index (χ1) is 8.11. The lowest BCUT2D eigenvalue weighted by atomic mass is 10.3. The zero-order chi connectivity index (χ0) is 12.7. The number of nitrogens with one attached hydrogen (secondary N) is 1. The van der Waals surface area contributed by atoms with Crippen LogP contribution in [0.5, 0.6) is 0 Å². The van der Waals surface area contributed by atoms with Gasteiger partial charge in [0, 0.05) is 12.5 Å². The van der Waals surface area contributed by atoms with Crippen molar-refractivity contribution in [3.63, 3.8) is 0 Å². The Morgan fingerprint density at radius 2 is 2.24 bits per heavy atom. The third kappa shape index (κ3) is 5.14. The molecule has 0 unspecified atom stereocenters. The lowest BCUT2D eigenvalue weighted by Gasteiger charge is -2.02. The van der Waals surface area contributed by atoms with Crippen LogP contribution in [0.4, 0.5) is 0 Å². The molecule has 94 valence electrons. The molecule has 0 radical (unpaired) electrons.